The Morgan fingerprint density at radius 3 is 1.97 bits per heavy atom. The van der Waals surface area contributed by atoms with E-state index in [4.69, 9.17) is 0 Å². The molecule has 148 valence electrons. The highest BCUT2D eigenvalue weighted by atomic mass is 15.3. The molecule has 0 aliphatic carbocycles. The Kier molecular flexibility index (Phi) is 5.23. The number of benzene rings is 3. The summed E-state index contributed by atoms with van der Waals surface area (Å²) in [5.74, 6) is 0. The van der Waals surface area contributed by atoms with Gasteiger partial charge in [0.05, 0.1) is 11.4 Å². The van der Waals surface area contributed by atoms with E-state index in [0.29, 0.717) is 6.04 Å². The van der Waals surface area contributed by atoms with Crippen LogP contribution in [0.25, 0.3) is 0 Å². The summed E-state index contributed by atoms with van der Waals surface area (Å²) < 4.78 is 0. The van der Waals surface area contributed by atoms with Crippen molar-refractivity contribution in [2.45, 2.75) is 25.6 Å². The van der Waals surface area contributed by atoms with Crippen LogP contribution in [0.5, 0.6) is 0 Å². The van der Waals surface area contributed by atoms with Crippen molar-refractivity contribution in [2.24, 2.45) is 0 Å². The number of nitrogens with zero attached hydrogens (tertiary/aromatic N) is 3. The van der Waals surface area contributed by atoms with E-state index in [1.165, 1.54) is 28.9 Å². The van der Waals surface area contributed by atoms with Gasteiger partial charge in [0.25, 0.3) is 0 Å². The Balaban J connectivity index is 1.36. The third kappa shape index (κ3) is 4.01. The Morgan fingerprint density at radius 2 is 1.24 bits per heavy atom. The van der Waals surface area contributed by atoms with Crippen molar-refractivity contribution in [1.29, 1.82) is 0 Å². The average molecular weight is 384 g/mol. The molecule has 29 heavy (non-hydrogen) atoms. The molecular formula is C26H29N3. The van der Waals surface area contributed by atoms with Crippen LogP contribution in [0.3, 0.4) is 0 Å². The van der Waals surface area contributed by atoms with E-state index < -0.39 is 0 Å². The fourth-order valence-electron chi connectivity index (χ4n) is 4.84. The zero-order valence-electron chi connectivity index (χ0n) is 17.0. The molecule has 2 aliphatic rings. The van der Waals surface area contributed by atoms with E-state index in [0.717, 1.165) is 39.3 Å². The summed E-state index contributed by atoms with van der Waals surface area (Å²) in [5.41, 5.74) is 5.59. The zero-order chi connectivity index (χ0) is 19.5. The Bertz CT molecular complexity index is 925. The van der Waals surface area contributed by atoms with E-state index in [1.807, 2.05) is 0 Å². The van der Waals surface area contributed by atoms with Gasteiger partial charge in [0, 0.05) is 45.3 Å². The van der Waals surface area contributed by atoms with Gasteiger partial charge in [-0.15, -0.1) is 0 Å². The molecule has 0 amide bonds. The van der Waals surface area contributed by atoms with Gasteiger partial charge in [-0.05, 0) is 29.7 Å². The maximum Gasteiger partial charge on any atom is 0.0607 e. The highest BCUT2D eigenvalue weighted by molar-refractivity contribution is 5.73. The minimum Gasteiger partial charge on any atom is -0.365 e. The summed E-state index contributed by atoms with van der Waals surface area (Å²) in [7, 11) is 0. The molecule has 1 saturated heterocycles. The van der Waals surface area contributed by atoms with Gasteiger partial charge in [-0.2, -0.15) is 0 Å². The number of hydrogen-bond donors (Lipinski definition) is 0. The van der Waals surface area contributed by atoms with E-state index in [2.05, 4.69) is 99.6 Å². The van der Waals surface area contributed by atoms with Crippen molar-refractivity contribution in [3.05, 3.63) is 96.1 Å². The van der Waals surface area contributed by atoms with Crippen molar-refractivity contribution in [1.82, 2.24) is 4.90 Å². The number of piperazine rings is 1. The minimum atomic E-state index is 0.578. The summed E-state index contributed by atoms with van der Waals surface area (Å²) >= 11 is 0. The van der Waals surface area contributed by atoms with Crippen LogP contribution in [0, 0.1) is 0 Å². The van der Waals surface area contributed by atoms with Gasteiger partial charge >= 0.3 is 0 Å². The molecule has 3 aromatic carbocycles. The van der Waals surface area contributed by atoms with Crippen LogP contribution in [0.4, 0.5) is 11.4 Å². The monoisotopic (exact) mass is 383 g/mol. The van der Waals surface area contributed by atoms with Crippen molar-refractivity contribution in [3.8, 4) is 0 Å². The molecule has 1 fully saturated rings. The van der Waals surface area contributed by atoms with Crippen LogP contribution in [0.1, 0.15) is 17.5 Å². The maximum atomic E-state index is 2.67. The third-order valence-corrected chi connectivity index (χ3v) is 6.30. The second kappa shape index (κ2) is 8.30. The first-order valence-corrected chi connectivity index (χ1v) is 10.8. The van der Waals surface area contributed by atoms with Crippen LogP contribution in [-0.2, 0) is 13.1 Å². The molecule has 1 unspecified atom stereocenters. The smallest absolute Gasteiger partial charge is 0.0607 e. The molecule has 0 spiro atoms. The van der Waals surface area contributed by atoms with Crippen LogP contribution < -0.4 is 9.80 Å². The number of fused-ring (bicyclic) bond motifs is 3. The predicted octanol–water partition coefficient (Wildman–Crippen LogP) is 4.79. The molecule has 0 saturated carbocycles. The summed E-state index contributed by atoms with van der Waals surface area (Å²) in [6.45, 7) is 6.51. The van der Waals surface area contributed by atoms with Crippen molar-refractivity contribution in [2.75, 3.05) is 36.0 Å². The number of hydrogen-bond acceptors (Lipinski definition) is 3. The third-order valence-electron chi connectivity index (χ3n) is 6.30. The summed E-state index contributed by atoms with van der Waals surface area (Å²) in [4.78, 5) is 7.87. The molecule has 3 nitrogen and oxygen atoms in total. The van der Waals surface area contributed by atoms with Gasteiger partial charge < -0.3 is 9.80 Å². The molecule has 0 aromatic heterocycles. The van der Waals surface area contributed by atoms with Gasteiger partial charge in [-0.25, -0.2) is 0 Å². The predicted molar refractivity (Wildman–Crippen MR) is 121 cm³/mol. The molecule has 3 aromatic rings. The Morgan fingerprint density at radius 1 is 0.621 bits per heavy atom. The fraction of sp³-hybridized carbons (Fsp3) is 0.308. The lowest BCUT2D eigenvalue weighted by Gasteiger charge is -2.42. The lowest BCUT2D eigenvalue weighted by molar-refractivity contribution is 0.212. The second-order valence-electron chi connectivity index (χ2n) is 8.25. The van der Waals surface area contributed by atoms with Crippen LogP contribution >= 0.6 is 0 Å². The molecule has 1 atom stereocenters. The molecule has 3 heteroatoms. The first kappa shape index (κ1) is 18.3. The summed E-state index contributed by atoms with van der Waals surface area (Å²) in [6, 6.07) is 31.3. The van der Waals surface area contributed by atoms with Gasteiger partial charge in [0.1, 0.15) is 0 Å². The number of rotatable bonds is 4. The maximum absolute atomic E-state index is 2.67. The minimum absolute atomic E-state index is 0.578. The van der Waals surface area contributed by atoms with Gasteiger partial charge in [-0.1, -0.05) is 72.8 Å². The topological polar surface area (TPSA) is 9.72 Å². The normalized spacial score (nSPS) is 19.4. The van der Waals surface area contributed by atoms with Crippen molar-refractivity contribution < 1.29 is 0 Å². The zero-order valence-corrected chi connectivity index (χ0v) is 17.0. The van der Waals surface area contributed by atoms with E-state index in [9.17, 15) is 0 Å². The first-order valence-electron chi connectivity index (χ1n) is 10.8. The van der Waals surface area contributed by atoms with E-state index in [-0.39, 0.29) is 0 Å². The van der Waals surface area contributed by atoms with Gasteiger partial charge in [0.15, 0.2) is 0 Å². The van der Waals surface area contributed by atoms with Gasteiger partial charge in [0.2, 0.25) is 0 Å². The van der Waals surface area contributed by atoms with Gasteiger partial charge in [-0.3, -0.25) is 4.90 Å². The summed E-state index contributed by atoms with van der Waals surface area (Å²) in [6.07, 6.45) is 1.20. The number of anilines is 2. The SMILES string of the molecule is c1ccc(CN2CCN3c4ccccc4N(Cc4ccccc4)CCC3C2)cc1. The van der Waals surface area contributed by atoms with Crippen LogP contribution in [0.2, 0.25) is 0 Å². The standard InChI is InChI=1S/C26H29N3/c1-3-9-22(10-4-1)19-27-17-18-29-24(21-27)15-16-28(20-23-11-5-2-6-12-23)25-13-7-8-14-26(25)29/h1-14,24H,15-21H2. The molecule has 0 radical (unpaired) electrons. The number of para-hydroxylation sites is 2. The van der Waals surface area contributed by atoms with Crippen LogP contribution in [0.15, 0.2) is 84.9 Å². The first-order chi connectivity index (χ1) is 14.4. The fourth-order valence-corrected chi connectivity index (χ4v) is 4.84. The largest absolute Gasteiger partial charge is 0.365 e. The highest BCUT2D eigenvalue weighted by Gasteiger charge is 2.32. The molecule has 2 aliphatic heterocycles. The molecule has 2 heterocycles. The van der Waals surface area contributed by atoms with Crippen LogP contribution in [-0.4, -0.2) is 37.1 Å². The lowest BCUT2D eigenvalue weighted by atomic mass is 10.1. The quantitative estimate of drug-likeness (QED) is 0.641. The Hall–Kier alpha value is -2.78. The van der Waals surface area contributed by atoms with E-state index >= 15 is 0 Å². The molecule has 0 bridgehead atoms. The highest BCUT2D eigenvalue weighted by Crippen LogP contribution is 2.36. The lowest BCUT2D eigenvalue weighted by Crippen LogP contribution is -2.52. The van der Waals surface area contributed by atoms with Crippen molar-refractivity contribution in [3.63, 3.8) is 0 Å². The van der Waals surface area contributed by atoms with Crippen molar-refractivity contribution >= 4 is 11.4 Å². The van der Waals surface area contributed by atoms with E-state index in [1.54, 1.807) is 0 Å². The molecular weight excluding hydrogens is 354 g/mol. The average Bonchev–Trinajstić information content (AvgIpc) is 2.92. The summed E-state index contributed by atoms with van der Waals surface area (Å²) in [5, 5.41) is 0. The molecule has 0 N–H and O–H groups in total. The Labute approximate surface area is 174 Å². The second-order valence-corrected chi connectivity index (χ2v) is 8.25. The molecule has 5 rings (SSSR count).